The predicted molar refractivity (Wildman–Crippen MR) is 537 cm³/mol. The molecular formula is C103H85BBr2I2K2NO7P4+. The maximum absolute atomic E-state index is 10.2. The van der Waals surface area contributed by atoms with E-state index in [-0.39, 0.29) is 121 Å². The maximum atomic E-state index is 10.2. The molecule has 17 rings (SSSR count). The third-order valence-electron chi connectivity index (χ3n) is 18.0. The molecule has 0 heterocycles. The minimum atomic E-state index is -1.91. The molecule has 19 heteroatoms. The quantitative estimate of drug-likeness (QED) is 0.0176. The number of rotatable bonds is 17. The Kier molecular flexibility index (Phi) is 46.8. The number of hydrogen-bond donors (Lipinski definition) is 2. The molecule has 0 unspecified atom stereocenters. The molecule has 0 aromatic heterocycles. The minimum Gasteiger partial charge on any atom is -1.00 e. The Labute approximate surface area is 852 Å². The van der Waals surface area contributed by atoms with Crippen LogP contribution in [-0.2, 0) is 9.68 Å². The smallest absolute Gasteiger partial charge is 1.00 e. The molecule has 0 saturated heterocycles. The van der Waals surface area contributed by atoms with Crippen LogP contribution in [0.15, 0.2) is 500 Å². The number of nitro benzene ring substituents is 1. The summed E-state index contributed by atoms with van der Waals surface area (Å²) in [7, 11) is -4.61. The molecule has 0 spiro atoms. The SMILES string of the molecule is Brc1ccc(-c2ccccc2I)cc1.O=CO[O-].O=[N+]([O-])c1ccccc1I.OB(O)c1ccc(Br)cc1.[H-].[K+].[K+].c1ccc(P(c2ccccc2)c2ccccc2)cc1.c1ccc(P(c2ccccc2)c2ccccc2)cc1.c1ccc(P(c2ccccc2)c2ccccc2)cc1.c1ccc([P+](c2ccccc2)(c2ccccc2)c2ccccc2)cc1. The van der Waals surface area contributed by atoms with Crippen LogP contribution in [0.1, 0.15) is 1.43 Å². The third kappa shape index (κ3) is 31.5. The van der Waals surface area contributed by atoms with Crippen molar-refractivity contribution < 1.29 is 134 Å². The fraction of sp³-hybridized carbons (Fsp3) is 0. The number of carbonyl (C=O) groups is 1. The van der Waals surface area contributed by atoms with E-state index in [1.165, 1.54) is 89.7 Å². The molecule has 0 aliphatic rings. The first-order valence-electron chi connectivity index (χ1n) is 38.1. The number of carbonyl (C=O) groups excluding carboxylic acids is 1. The van der Waals surface area contributed by atoms with E-state index in [0.29, 0.717) is 9.03 Å². The summed E-state index contributed by atoms with van der Waals surface area (Å²) in [5, 5.41) is 54.1. The van der Waals surface area contributed by atoms with E-state index in [4.69, 9.17) is 20.1 Å². The van der Waals surface area contributed by atoms with Crippen molar-refractivity contribution in [3.05, 3.63) is 518 Å². The van der Waals surface area contributed by atoms with Crippen molar-refractivity contribution >= 4 is 202 Å². The fourth-order valence-corrected chi connectivity index (χ4v) is 25.6. The van der Waals surface area contributed by atoms with Gasteiger partial charge in [0, 0.05) is 18.6 Å². The van der Waals surface area contributed by atoms with Crippen LogP contribution in [0.5, 0.6) is 0 Å². The molecule has 0 amide bonds. The van der Waals surface area contributed by atoms with Gasteiger partial charge in [-0.2, -0.15) is 0 Å². The number of para-hydroxylation sites is 1. The van der Waals surface area contributed by atoms with E-state index >= 15 is 0 Å². The van der Waals surface area contributed by atoms with Crippen LogP contribution in [0.3, 0.4) is 0 Å². The second-order valence-corrected chi connectivity index (χ2v) is 40.1. The topological polar surface area (TPSA) is 133 Å². The molecule has 0 aliphatic heterocycles. The van der Waals surface area contributed by atoms with Gasteiger partial charge in [0.15, 0.2) is 0 Å². The first-order chi connectivity index (χ1) is 58.9. The van der Waals surface area contributed by atoms with E-state index in [1.807, 2.05) is 22.6 Å². The molecule has 596 valence electrons. The average Bonchev–Trinajstić information content (AvgIpc) is 0.737. The molecule has 17 aromatic rings. The van der Waals surface area contributed by atoms with Gasteiger partial charge in [-0.15, -0.1) is 0 Å². The van der Waals surface area contributed by atoms with Crippen molar-refractivity contribution in [2.45, 2.75) is 0 Å². The molecule has 122 heavy (non-hydrogen) atoms. The Morgan fingerprint density at radius 3 is 0.705 bits per heavy atom. The fourth-order valence-electron chi connectivity index (χ4n) is 12.6. The largest absolute Gasteiger partial charge is 1.00 e. The minimum absolute atomic E-state index is 0. The molecule has 0 fully saturated rings. The van der Waals surface area contributed by atoms with E-state index in [0.717, 1.165) is 8.95 Å². The summed E-state index contributed by atoms with van der Waals surface area (Å²) >= 11 is 11.0. The second-order valence-electron chi connectivity index (χ2n) is 25.9. The monoisotopic (exact) mass is 2070 g/mol. The normalized spacial score (nSPS) is 10.1. The second kappa shape index (κ2) is 56.8. The summed E-state index contributed by atoms with van der Waals surface area (Å²) in [5.41, 5.74) is 3.23. The van der Waals surface area contributed by atoms with Crippen LogP contribution in [0.25, 0.3) is 11.1 Å². The first kappa shape index (κ1) is 100. The summed E-state index contributed by atoms with van der Waals surface area (Å²) in [6.07, 6.45) is 0. The number of halogens is 4. The van der Waals surface area contributed by atoms with Gasteiger partial charge in [-0.25, -0.2) is 0 Å². The van der Waals surface area contributed by atoms with Crippen LogP contribution in [0.4, 0.5) is 5.69 Å². The third-order valence-corrected chi connectivity index (χ3v) is 32.5. The molecule has 0 radical (unpaired) electrons. The first-order valence-corrected chi connectivity index (χ1v) is 47.6. The molecule has 0 saturated carbocycles. The Morgan fingerprint density at radius 1 is 0.311 bits per heavy atom. The summed E-state index contributed by atoms with van der Waals surface area (Å²) < 4.78 is 4.00. The summed E-state index contributed by atoms with van der Waals surface area (Å²) in [6.45, 7) is -0.181. The zero-order valence-corrected chi connectivity index (χ0v) is 84.4. The summed E-state index contributed by atoms with van der Waals surface area (Å²) in [5.74, 6) is 0. The summed E-state index contributed by atoms with van der Waals surface area (Å²) in [6, 6.07) is 171. The Bertz CT molecular complexity index is 5010. The molecular weight excluding hydrogens is 1990 g/mol. The number of benzene rings is 17. The van der Waals surface area contributed by atoms with Gasteiger partial charge in [0.25, 0.3) is 12.2 Å². The van der Waals surface area contributed by atoms with Gasteiger partial charge in [-0.3, -0.25) is 14.9 Å². The van der Waals surface area contributed by atoms with Crippen molar-refractivity contribution in [1.82, 2.24) is 0 Å². The van der Waals surface area contributed by atoms with Crippen LogP contribution in [0.2, 0.25) is 0 Å². The molecule has 17 aromatic carbocycles. The Hall–Kier alpha value is -7.03. The van der Waals surface area contributed by atoms with Crippen LogP contribution in [-0.4, -0.2) is 28.6 Å². The van der Waals surface area contributed by atoms with Gasteiger partial charge in [0.05, 0.1) is 8.49 Å². The van der Waals surface area contributed by atoms with Gasteiger partial charge in [0.2, 0.25) is 0 Å². The molecule has 0 bridgehead atoms. The van der Waals surface area contributed by atoms with Gasteiger partial charge < -0.3 is 21.6 Å². The molecule has 8 nitrogen and oxygen atoms in total. The van der Waals surface area contributed by atoms with Crippen LogP contribution in [0, 0.1) is 17.3 Å². The van der Waals surface area contributed by atoms with E-state index in [1.54, 1.807) is 42.5 Å². The van der Waals surface area contributed by atoms with Crippen molar-refractivity contribution in [2.24, 2.45) is 0 Å². The van der Waals surface area contributed by atoms with Gasteiger partial charge in [-0.1, -0.05) is 432 Å². The van der Waals surface area contributed by atoms with E-state index in [2.05, 4.69) is 502 Å². The molecule has 0 aliphatic carbocycles. The Morgan fingerprint density at radius 2 is 0.508 bits per heavy atom. The van der Waals surface area contributed by atoms with Gasteiger partial charge in [0.1, 0.15) is 28.5 Å². The number of nitrogens with zero attached hydrogens (tertiary/aromatic N) is 1. The molecule has 0 atom stereocenters. The Balaban J connectivity index is 0.000000199. The summed E-state index contributed by atoms with van der Waals surface area (Å²) in [4.78, 5) is 21.1. The van der Waals surface area contributed by atoms with Crippen LogP contribution >= 0.6 is 108 Å². The van der Waals surface area contributed by atoms with Crippen molar-refractivity contribution in [2.75, 3.05) is 0 Å². The van der Waals surface area contributed by atoms with E-state index < -0.39 is 38.1 Å². The zero-order chi connectivity index (χ0) is 84.2. The molecule has 2 N–H and O–H groups in total. The zero-order valence-electron chi connectivity index (χ0n) is 68.1. The van der Waals surface area contributed by atoms with Crippen LogP contribution < -0.4 is 182 Å². The average molecular weight is 2080 g/mol. The predicted octanol–water partition coefficient (Wildman–Crippen LogP) is 14.2. The van der Waals surface area contributed by atoms with Gasteiger partial charge >= 0.3 is 110 Å². The van der Waals surface area contributed by atoms with Gasteiger partial charge in [-0.05, 0) is 218 Å². The maximum Gasteiger partial charge on any atom is 1.00 e. The van der Waals surface area contributed by atoms with Crippen molar-refractivity contribution in [3.63, 3.8) is 0 Å². The van der Waals surface area contributed by atoms with Crippen molar-refractivity contribution in [1.29, 1.82) is 0 Å². The standard InChI is InChI=1S/C24H20P.3C18H15P.C12H8BrI.C6H6BBrO2.C6H4INO2.CH2O3.2K.H/c1-5-13-21(14-6-1)25(22-15-7-2-8-16-22,23-17-9-3-10-18-23)24-19-11-4-12-20-24;3*1-4-10-16(11-5-1)19(17-12-6-2-7-13-17)18-14-8-3-9-15-18;13-10-7-5-9(6-8-10)11-3-1-2-4-12(11)14;8-6-3-1-5(2-4-6)7(9)10;7-5-3-1-2-4-6(5)8(9)10;2-1-4-3;;;/h1-20H;3*1-15H;1-8H;1-4,9-10H;1-4H;1,3H;;;/q+1;;;;;;;;2*+1;-1/p-1. The van der Waals surface area contributed by atoms with Crippen molar-refractivity contribution in [3.8, 4) is 11.1 Å². The number of nitro groups is 1. The van der Waals surface area contributed by atoms with E-state index in [9.17, 15) is 10.1 Å². The number of hydrogen-bond acceptors (Lipinski definition) is 7.